The molecule has 0 spiro atoms. The molecular formula is C10H12BrFOS. The van der Waals surface area contributed by atoms with Gasteiger partial charge in [-0.05, 0) is 24.5 Å². The lowest BCUT2D eigenvalue weighted by atomic mass is 10.2. The first kappa shape index (κ1) is 11.9. The fraction of sp³-hybridized carbons (Fsp3) is 0.400. The van der Waals surface area contributed by atoms with Crippen molar-refractivity contribution in [2.45, 2.75) is 5.33 Å². The van der Waals surface area contributed by atoms with Crippen LogP contribution in [0.3, 0.4) is 0 Å². The highest BCUT2D eigenvalue weighted by atomic mass is 79.9. The van der Waals surface area contributed by atoms with Gasteiger partial charge in [0.2, 0.25) is 0 Å². The molecule has 0 aliphatic heterocycles. The van der Waals surface area contributed by atoms with Crippen LogP contribution >= 0.6 is 27.7 Å². The molecule has 1 rings (SSSR count). The summed E-state index contributed by atoms with van der Waals surface area (Å²) in [6, 6.07) is 4.58. The van der Waals surface area contributed by atoms with Crippen LogP contribution < -0.4 is 4.74 Å². The molecule has 0 N–H and O–H groups in total. The fourth-order valence-corrected chi connectivity index (χ4v) is 1.72. The Morgan fingerprint density at radius 3 is 2.93 bits per heavy atom. The van der Waals surface area contributed by atoms with Gasteiger partial charge in [0, 0.05) is 16.6 Å². The Balaban J connectivity index is 2.65. The van der Waals surface area contributed by atoms with E-state index in [0.717, 1.165) is 17.1 Å². The van der Waals surface area contributed by atoms with Crippen LogP contribution in [0.25, 0.3) is 0 Å². The number of rotatable bonds is 5. The molecule has 1 nitrogen and oxygen atoms in total. The molecule has 0 saturated heterocycles. The van der Waals surface area contributed by atoms with E-state index in [2.05, 4.69) is 15.9 Å². The van der Waals surface area contributed by atoms with Gasteiger partial charge in [-0.1, -0.05) is 15.9 Å². The zero-order chi connectivity index (χ0) is 10.4. The second kappa shape index (κ2) is 6.30. The maximum absolute atomic E-state index is 12.8. The summed E-state index contributed by atoms with van der Waals surface area (Å²) in [4.78, 5) is 0. The molecule has 1 aromatic carbocycles. The number of benzene rings is 1. The Morgan fingerprint density at radius 1 is 1.50 bits per heavy atom. The van der Waals surface area contributed by atoms with E-state index in [-0.39, 0.29) is 5.82 Å². The molecule has 0 unspecified atom stereocenters. The third kappa shape index (κ3) is 3.50. The zero-order valence-corrected chi connectivity index (χ0v) is 10.3. The molecule has 78 valence electrons. The number of hydrogen-bond acceptors (Lipinski definition) is 2. The first-order valence-electron chi connectivity index (χ1n) is 4.24. The maximum Gasteiger partial charge on any atom is 0.123 e. The van der Waals surface area contributed by atoms with Crippen molar-refractivity contribution in [2.75, 3.05) is 18.6 Å². The second-order valence-corrected chi connectivity index (χ2v) is 4.27. The Kier molecular flexibility index (Phi) is 5.33. The number of alkyl halides is 1. The summed E-state index contributed by atoms with van der Waals surface area (Å²) in [5.41, 5.74) is 0.853. The summed E-state index contributed by atoms with van der Waals surface area (Å²) in [5, 5.41) is 0.610. The van der Waals surface area contributed by atoms with Crippen LogP contribution in [0, 0.1) is 5.82 Å². The molecule has 4 heteroatoms. The van der Waals surface area contributed by atoms with E-state index in [4.69, 9.17) is 4.74 Å². The van der Waals surface area contributed by atoms with Gasteiger partial charge in [-0.15, -0.1) is 0 Å². The average molecular weight is 279 g/mol. The summed E-state index contributed by atoms with van der Waals surface area (Å²) in [6.45, 7) is 0.660. The SMILES string of the molecule is CSCCOc1ccc(F)cc1CBr. The van der Waals surface area contributed by atoms with Gasteiger partial charge in [0.05, 0.1) is 6.61 Å². The Morgan fingerprint density at radius 2 is 2.29 bits per heavy atom. The van der Waals surface area contributed by atoms with Gasteiger partial charge in [-0.25, -0.2) is 4.39 Å². The quantitative estimate of drug-likeness (QED) is 0.603. The van der Waals surface area contributed by atoms with Crippen molar-refractivity contribution in [1.82, 2.24) is 0 Å². The third-order valence-electron chi connectivity index (χ3n) is 1.71. The molecular weight excluding hydrogens is 267 g/mol. The van der Waals surface area contributed by atoms with Gasteiger partial charge in [0.15, 0.2) is 0 Å². The molecule has 14 heavy (non-hydrogen) atoms. The van der Waals surface area contributed by atoms with E-state index in [9.17, 15) is 4.39 Å². The van der Waals surface area contributed by atoms with Gasteiger partial charge in [-0.2, -0.15) is 11.8 Å². The van der Waals surface area contributed by atoms with E-state index in [1.807, 2.05) is 6.26 Å². The number of halogens is 2. The first-order valence-corrected chi connectivity index (χ1v) is 6.75. The fourth-order valence-electron chi connectivity index (χ4n) is 1.03. The Bertz CT molecular complexity index is 293. The highest BCUT2D eigenvalue weighted by Gasteiger charge is 2.03. The number of ether oxygens (including phenoxy) is 1. The van der Waals surface area contributed by atoms with Crippen LogP contribution in [-0.4, -0.2) is 18.6 Å². The van der Waals surface area contributed by atoms with E-state index >= 15 is 0 Å². The smallest absolute Gasteiger partial charge is 0.123 e. The molecule has 0 amide bonds. The monoisotopic (exact) mass is 278 g/mol. The minimum atomic E-state index is -0.225. The van der Waals surface area contributed by atoms with Gasteiger partial charge in [0.1, 0.15) is 11.6 Å². The Labute approximate surface area is 96.2 Å². The van der Waals surface area contributed by atoms with Crippen LogP contribution in [-0.2, 0) is 5.33 Å². The lowest BCUT2D eigenvalue weighted by Gasteiger charge is -2.09. The number of hydrogen-bond donors (Lipinski definition) is 0. The van der Waals surface area contributed by atoms with Gasteiger partial charge < -0.3 is 4.74 Å². The molecule has 0 aromatic heterocycles. The minimum Gasteiger partial charge on any atom is -0.492 e. The van der Waals surface area contributed by atoms with E-state index in [1.165, 1.54) is 12.1 Å². The van der Waals surface area contributed by atoms with Crippen molar-refractivity contribution in [3.8, 4) is 5.75 Å². The zero-order valence-electron chi connectivity index (χ0n) is 7.93. The van der Waals surface area contributed by atoms with Crippen molar-refractivity contribution >= 4 is 27.7 Å². The van der Waals surface area contributed by atoms with Crippen LogP contribution in [0.2, 0.25) is 0 Å². The highest BCUT2D eigenvalue weighted by Crippen LogP contribution is 2.22. The van der Waals surface area contributed by atoms with Gasteiger partial charge >= 0.3 is 0 Å². The lowest BCUT2D eigenvalue weighted by molar-refractivity contribution is 0.341. The standard InChI is InChI=1S/C10H12BrFOS/c1-14-5-4-13-10-3-2-9(12)6-8(10)7-11/h2-3,6H,4-5,7H2,1H3. The molecule has 0 fully saturated rings. The molecule has 0 saturated carbocycles. The molecule has 0 heterocycles. The van der Waals surface area contributed by atoms with Gasteiger partial charge in [-0.3, -0.25) is 0 Å². The van der Waals surface area contributed by atoms with Crippen LogP contribution in [0.15, 0.2) is 18.2 Å². The minimum absolute atomic E-state index is 0.225. The van der Waals surface area contributed by atoms with Crippen molar-refractivity contribution in [2.24, 2.45) is 0 Å². The molecule has 0 radical (unpaired) electrons. The molecule has 0 aliphatic rings. The molecule has 1 aromatic rings. The summed E-state index contributed by atoms with van der Waals surface area (Å²) in [5.74, 6) is 1.48. The number of thioether (sulfide) groups is 1. The predicted octanol–water partition coefficient (Wildman–Crippen LogP) is 3.46. The first-order chi connectivity index (χ1) is 6.77. The van der Waals surface area contributed by atoms with Crippen LogP contribution in [0.4, 0.5) is 4.39 Å². The predicted molar refractivity (Wildman–Crippen MR) is 62.9 cm³/mol. The molecule has 0 aliphatic carbocycles. The van der Waals surface area contributed by atoms with Crippen LogP contribution in [0.5, 0.6) is 5.75 Å². The normalized spacial score (nSPS) is 10.2. The van der Waals surface area contributed by atoms with E-state index in [1.54, 1.807) is 17.8 Å². The lowest BCUT2D eigenvalue weighted by Crippen LogP contribution is -2.01. The maximum atomic E-state index is 12.8. The third-order valence-corrected chi connectivity index (χ3v) is 2.89. The van der Waals surface area contributed by atoms with Crippen molar-refractivity contribution in [3.05, 3.63) is 29.6 Å². The summed E-state index contributed by atoms with van der Waals surface area (Å²) in [7, 11) is 0. The topological polar surface area (TPSA) is 9.23 Å². The van der Waals surface area contributed by atoms with E-state index < -0.39 is 0 Å². The molecule has 0 bridgehead atoms. The average Bonchev–Trinajstić information content (AvgIpc) is 2.20. The summed E-state index contributed by atoms with van der Waals surface area (Å²) in [6.07, 6.45) is 2.03. The van der Waals surface area contributed by atoms with Crippen LogP contribution in [0.1, 0.15) is 5.56 Å². The largest absolute Gasteiger partial charge is 0.492 e. The van der Waals surface area contributed by atoms with Crippen molar-refractivity contribution < 1.29 is 9.13 Å². The van der Waals surface area contributed by atoms with E-state index in [0.29, 0.717) is 11.9 Å². The highest BCUT2D eigenvalue weighted by molar-refractivity contribution is 9.08. The summed E-state index contributed by atoms with van der Waals surface area (Å²) >= 11 is 5.03. The van der Waals surface area contributed by atoms with Crippen molar-refractivity contribution in [1.29, 1.82) is 0 Å². The van der Waals surface area contributed by atoms with Crippen molar-refractivity contribution in [3.63, 3.8) is 0 Å². The Hall–Kier alpha value is -0.220. The summed E-state index contributed by atoms with van der Waals surface area (Å²) < 4.78 is 18.3. The molecule has 0 atom stereocenters. The second-order valence-electron chi connectivity index (χ2n) is 2.73. The van der Waals surface area contributed by atoms with Gasteiger partial charge in [0.25, 0.3) is 0 Å².